The summed E-state index contributed by atoms with van der Waals surface area (Å²) in [6.45, 7) is 3.44. The van der Waals surface area contributed by atoms with Crippen LogP contribution in [0.4, 0.5) is 0 Å². The van der Waals surface area contributed by atoms with Gasteiger partial charge in [0, 0.05) is 6.42 Å². The molecular weight excluding hydrogens is 200 g/mol. The zero-order valence-electron chi connectivity index (χ0n) is 8.40. The van der Waals surface area contributed by atoms with E-state index >= 15 is 0 Å². The van der Waals surface area contributed by atoms with E-state index in [-0.39, 0.29) is 31.7 Å². The third-order valence-corrected chi connectivity index (χ3v) is 1.60. The molecule has 15 heavy (non-hydrogen) atoms. The maximum atomic E-state index is 10.9. The zero-order chi connectivity index (χ0) is 11.7. The molecule has 0 saturated carbocycles. The summed E-state index contributed by atoms with van der Waals surface area (Å²) in [4.78, 5) is 31.7. The molecule has 0 atom stereocenters. The van der Waals surface area contributed by atoms with Gasteiger partial charge in [-0.15, -0.1) is 0 Å². The van der Waals surface area contributed by atoms with E-state index in [2.05, 4.69) is 6.58 Å². The van der Waals surface area contributed by atoms with Gasteiger partial charge in [0.05, 0.1) is 19.4 Å². The Morgan fingerprint density at radius 2 is 1.87 bits per heavy atom. The first kappa shape index (κ1) is 13.4. The van der Waals surface area contributed by atoms with Crippen LogP contribution in [0.5, 0.6) is 0 Å². The number of carboxylic acid groups (broad SMARTS) is 1. The summed E-state index contributed by atoms with van der Waals surface area (Å²) >= 11 is 0. The van der Waals surface area contributed by atoms with Crippen LogP contribution in [0.15, 0.2) is 12.7 Å². The largest absolute Gasteiger partial charge is 0.481 e. The van der Waals surface area contributed by atoms with Crippen LogP contribution in [-0.4, -0.2) is 29.4 Å². The molecule has 5 heteroatoms. The Kier molecular flexibility index (Phi) is 6.88. The Labute approximate surface area is 87.7 Å². The number of hydrogen-bond donors (Lipinski definition) is 1. The lowest BCUT2D eigenvalue weighted by Crippen LogP contribution is -2.09. The number of carbonyl (C=O) groups is 3. The summed E-state index contributed by atoms with van der Waals surface area (Å²) in [5.41, 5.74) is 0. The number of rotatable bonds is 8. The van der Waals surface area contributed by atoms with E-state index in [1.165, 1.54) is 6.08 Å². The molecule has 0 aromatic heterocycles. The van der Waals surface area contributed by atoms with Crippen LogP contribution < -0.4 is 0 Å². The van der Waals surface area contributed by atoms with Crippen LogP contribution in [0.25, 0.3) is 0 Å². The molecule has 0 aromatic rings. The number of carbonyl (C=O) groups excluding carboxylic acids is 2. The number of esters is 1. The highest BCUT2D eigenvalue weighted by atomic mass is 16.5. The molecule has 0 unspecified atom stereocenters. The molecule has 0 bridgehead atoms. The van der Waals surface area contributed by atoms with Gasteiger partial charge in [0.25, 0.3) is 0 Å². The molecule has 0 rings (SSSR count). The molecule has 5 nitrogen and oxygen atoms in total. The Bertz CT molecular complexity index is 257. The third-order valence-electron chi connectivity index (χ3n) is 1.60. The van der Waals surface area contributed by atoms with Crippen molar-refractivity contribution in [2.24, 2.45) is 0 Å². The van der Waals surface area contributed by atoms with E-state index in [1.807, 2.05) is 0 Å². The molecule has 0 aliphatic rings. The van der Waals surface area contributed by atoms with E-state index in [9.17, 15) is 14.4 Å². The van der Waals surface area contributed by atoms with Gasteiger partial charge in [0.2, 0.25) is 0 Å². The first-order valence-corrected chi connectivity index (χ1v) is 4.59. The Morgan fingerprint density at radius 1 is 1.20 bits per heavy atom. The molecular formula is C10H14O5. The van der Waals surface area contributed by atoms with Gasteiger partial charge in [-0.1, -0.05) is 6.58 Å². The lowest BCUT2D eigenvalue weighted by Gasteiger charge is -2.02. The molecule has 0 radical (unpaired) electrons. The number of aliphatic carboxylic acids is 1. The van der Waals surface area contributed by atoms with Crippen LogP contribution in [0.2, 0.25) is 0 Å². The fourth-order valence-electron chi connectivity index (χ4n) is 0.816. The van der Waals surface area contributed by atoms with Crippen LogP contribution in [0, 0.1) is 0 Å². The van der Waals surface area contributed by atoms with Gasteiger partial charge in [0.15, 0.2) is 5.78 Å². The normalized spacial score (nSPS) is 9.33. The maximum Gasteiger partial charge on any atom is 0.306 e. The molecule has 1 N–H and O–H groups in total. The Hall–Kier alpha value is -1.65. The van der Waals surface area contributed by atoms with Crippen molar-refractivity contribution in [2.45, 2.75) is 25.7 Å². The summed E-state index contributed by atoms with van der Waals surface area (Å²) in [5, 5.41) is 8.28. The van der Waals surface area contributed by atoms with Crippen LogP contribution in [-0.2, 0) is 19.1 Å². The monoisotopic (exact) mass is 214 g/mol. The molecule has 0 fully saturated rings. The summed E-state index contributed by atoms with van der Waals surface area (Å²) < 4.78 is 4.70. The predicted molar refractivity (Wildman–Crippen MR) is 52.3 cm³/mol. The minimum Gasteiger partial charge on any atom is -0.481 e. The fraction of sp³-hybridized carbons (Fsp3) is 0.500. The van der Waals surface area contributed by atoms with Gasteiger partial charge < -0.3 is 9.84 Å². The van der Waals surface area contributed by atoms with E-state index in [1.54, 1.807) is 0 Å². The second-order valence-corrected chi connectivity index (χ2v) is 2.89. The van der Waals surface area contributed by atoms with Crippen molar-refractivity contribution in [1.82, 2.24) is 0 Å². The van der Waals surface area contributed by atoms with Crippen molar-refractivity contribution >= 4 is 17.7 Å². The third kappa shape index (κ3) is 8.67. The first-order valence-electron chi connectivity index (χ1n) is 4.59. The van der Waals surface area contributed by atoms with Gasteiger partial charge in [-0.2, -0.15) is 0 Å². The summed E-state index contributed by atoms with van der Waals surface area (Å²) in [6, 6.07) is 0. The topological polar surface area (TPSA) is 80.7 Å². The molecule has 0 heterocycles. The summed E-state index contributed by atoms with van der Waals surface area (Å²) in [5.74, 6) is -1.69. The minimum atomic E-state index is -1.03. The van der Waals surface area contributed by atoms with Gasteiger partial charge >= 0.3 is 11.9 Å². The average molecular weight is 214 g/mol. The van der Waals surface area contributed by atoms with Gasteiger partial charge in [-0.25, -0.2) is 0 Å². The second-order valence-electron chi connectivity index (χ2n) is 2.89. The maximum absolute atomic E-state index is 10.9. The van der Waals surface area contributed by atoms with Crippen molar-refractivity contribution in [1.29, 1.82) is 0 Å². The van der Waals surface area contributed by atoms with E-state index in [0.29, 0.717) is 6.42 Å². The SMILES string of the molecule is C=CC(=O)CCCOC(=O)CCC(=O)O. The summed E-state index contributed by atoms with van der Waals surface area (Å²) in [6.07, 6.45) is 1.57. The van der Waals surface area contributed by atoms with Crippen molar-refractivity contribution in [3.63, 3.8) is 0 Å². The van der Waals surface area contributed by atoms with E-state index in [4.69, 9.17) is 9.84 Å². The van der Waals surface area contributed by atoms with Crippen molar-refractivity contribution in [3.8, 4) is 0 Å². The predicted octanol–water partition coefficient (Wildman–Crippen LogP) is 0.930. The minimum absolute atomic E-state index is 0.100. The van der Waals surface area contributed by atoms with Crippen molar-refractivity contribution < 1.29 is 24.2 Å². The van der Waals surface area contributed by atoms with E-state index < -0.39 is 11.9 Å². The van der Waals surface area contributed by atoms with Crippen molar-refractivity contribution in [2.75, 3.05) is 6.61 Å². The highest BCUT2D eigenvalue weighted by Gasteiger charge is 2.06. The number of ketones is 1. The van der Waals surface area contributed by atoms with Gasteiger partial charge in [-0.3, -0.25) is 14.4 Å². The lowest BCUT2D eigenvalue weighted by atomic mass is 10.2. The molecule has 0 aliphatic heterocycles. The Morgan fingerprint density at radius 3 is 2.40 bits per heavy atom. The zero-order valence-corrected chi connectivity index (χ0v) is 8.40. The first-order chi connectivity index (χ1) is 7.06. The second kappa shape index (κ2) is 7.73. The summed E-state index contributed by atoms with van der Waals surface area (Å²) in [7, 11) is 0. The van der Waals surface area contributed by atoms with Crippen LogP contribution in [0.3, 0.4) is 0 Å². The smallest absolute Gasteiger partial charge is 0.306 e. The molecule has 0 saturated heterocycles. The van der Waals surface area contributed by atoms with E-state index in [0.717, 1.165) is 0 Å². The van der Waals surface area contributed by atoms with Gasteiger partial charge in [0.1, 0.15) is 0 Å². The standard InChI is InChI=1S/C10H14O5/c1-2-8(11)4-3-7-15-10(14)6-5-9(12)13/h2H,1,3-7H2,(H,12,13). The molecule has 84 valence electrons. The molecule has 0 aliphatic carbocycles. The highest BCUT2D eigenvalue weighted by molar-refractivity contribution is 5.88. The van der Waals surface area contributed by atoms with Gasteiger partial charge in [-0.05, 0) is 12.5 Å². The molecule has 0 spiro atoms. The van der Waals surface area contributed by atoms with Crippen LogP contribution in [0.1, 0.15) is 25.7 Å². The highest BCUT2D eigenvalue weighted by Crippen LogP contribution is 1.97. The molecule has 0 aromatic carbocycles. The number of hydrogen-bond acceptors (Lipinski definition) is 4. The van der Waals surface area contributed by atoms with Crippen molar-refractivity contribution in [3.05, 3.63) is 12.7 Å². The fourth-order valence-corrected chi connectivity index (χ4v) is 0.816. The number of allylic oxidation sites excluding steroid dienone is 1. The molecule has 0 amide bonds. The average Bonchev–Trinajstić information content (AvgIpc) is 2.21. The number of carboxylic acids is 1. The number of ether oxygens (including phenoxy) is 1. The lowest BCUT2D eigenvalue weighted by molar-refractivity contribution is -0.147. The van der Waals surface area contributed by atoms with Crippen LogP contribution >= 0.6 is 0 Å². The Balaban J connectivity index is 3.43. The quantitative estimate of drug-likeness (QED) is 0.369.